The van der Waals surface area contributed by atoms with Gasteiger partial charge in [-0.25, -0.2) is 0 Å². The normalized spacial score (nSPS) is 12.7. The van der Waals surface area contributed by atoms with Crippen LogP contribution in [0.1, 0.15) is 71.6 Å². The van der Waals surface area contributed by atoms with E-state index in [1.165, 1.54) is 32.1 Å². The van der Waals surface area contributed by atoms with E-state index in [0.29, 0.717) is 0 Å². The highest BCUT2D eigenvalue weighted by atomic mass is 16.4. The van der Waals surface area contributed by atoms with Crippen LogP contribution < -0.4 is 0 Å². The molecule has 1 atom stereocenters. The fourth-order valence-electron chi connectivity index (χ4n) is 1.85. The number of carboxylic acid groups (broad SMARTS) is 1. The van der Waals surface area contributed by atoms with E-state index < -0.39 is 5.97 Å². The van der Waals surface area contributed by atoms with Crippen LogP contribution in [0.2, 0.25) is 0 Å². The van der Waals surface area contributed by atoms with E-state index in [1.54, 1.807) is 0 Å². The second-order valence-corrected chi connectivity index (χ2v) is 4.38. The molecule has 0 aromatic carbocycles. The molecule has 0 aromatic rings. The van der Waals surface area contributed by atoms with Gasteiger partial charge in [0.1, 0.15) is 0 Å². The van der Waals surface area contributed by atoms with E-state index in [9.17, 15) is 4.79 Å². The summed E-state index contributed by atoms with van der Waals surface area (Å²) in [5.74, 6) is -0.684. The number of unbranched alkanes of at least 4 members (excludes halogenated alkanes) is 5. The average molecular weight is 214 g/mol. The van der Waals surface area contributed by atoms with Crippen molar-refractivity contribution < 1.29 is 9.90 Å². The van der Waals surface area contributed by atoms with Crippen LogP contribution in [0.25, 0.3) is 0 Å². The minimum atomic E-state index is -0.595. The predicted molar refractivity (Wildman–Crippen MR) is 64.0 cm³/mol. The first-order valence-electron chi connectivity index (χ1n) is 6.45. The maximum atomic E-state index is 11.0. The van der Waals surface area contributed by atoms with Gasteiger partial charge in [-0.05, 0) is 12.8 Å². The van der Waals surface area contributed by atoms with Gasteiger partial charge in [0.2, 0.25) is 0 Å². The van der Waals surface area contributed by atoms with Crippen LogP contribution in [0, 0.1) is 5.92 Å². The van der Waals surface area contributed by atoms with Gasteiger partial charge < -0.3 is 5.11 Å². The van der Waals surface area contributed by atoms with Crippen LogP contribution in [0.15, 0.2) is 0 Å². The van der Waals surface area contributed by atoms with Gasteiger partial charge in [0.15, 0.2) is 0 Å². The molecule has 2 heteroatoms. The van der Waals surface area contributed by atoms with Gasteiger partial charge >= 0.3 is 5.97 Å². The molecule has 0 amide bonds. The van der Waals surface area contributed by atoms with Crippen LogP contribution in [-0.2, 0) is 4.79 Å². The van der Waals surface area contributed by atoms with E-state index in [0.717, 1.165) is 25.7 Å². The van der Waals surface area contributed by atoms with E-state index in [-0.39, 0.29) is 5.92 Å². The van der Waals surface area contributed by atoms with Crippen LogP contribution in [0.3, 0.4) is 0 Å². The standard InChI is InChI=1S/C13H26O2/c1-3-5-7-9-11-12(13(14)15)10-8-6-4-2/h12H,3-11H2,1-2H3,(H,14,15)/t12-/m1/s1. The Morgan fingerprint density at radius 1 is 0.933 bits per heavy atom. The van der Waals surface area contributed by atoms with Crippen molar-refractivity contribution in [3.63, 3.8) is 0 Å². The van der Waals surface area contributed by atoms with Gasteiger partial charge in [-0.2, -0.15) is 0 Å². The first-order valence-corrected chi connectivity index (χ1v) is 6.45. The number of rotatable bonds is 10. The summed E-state index contributed by atoms with van der Waals surface area (Å²) in [5, 5.41) is 9.03. The highest BCUT2D eigenvalue weighted by molar-refractivity contribution is 5.69. The number of aliphatic carboxylic acids is 1. The first kappa shape index (κ1) is 14.5. The van der Waals surface area contributed by atoms with Crippen molar-refractivity contribution in [1.29, 1.82) is 0 Å². The summed E-state index contributed by atoms with van der Waals surface area (Å²) in [4.78, 5) is 11.0. The predicted octanol–water partition coefficient (Wildman–Crippen LogP) is 4.24. The van der Waals surface area contributed by atoms with E-state index in [4.69, 9.17) is 5.11 Å². The minimum Gasteiger partial charge on any atom is -0.481 e. The Hall–Kier alpha value is -0.530. The van der Waals surface area contributed by atoms with Crippen molar-refractivity contribution in [1.82, 2.24) is 0 Å². The van der Waals surface area contributed by atoms with Gasteiger partial charge in [-0.15, -0.1) is 0 Å². The van der Waals surface area contributed by atoms with E-state index >= 15 is 0 Å². The summed E-state index contributed by atoms with van der Waals surface area (Å²) < 4.78 is 0. The zero-order valence-corrected chi connectivity index (χ0v) is 10.3. The molecule has 90 valence electrons. The molecule has 0 fully saturated rings. The molecule has 2 nitrogen and oxygen atoms in total. The van der Waals surface area contributed by atoms with Crippen molar-refractivity contribution in [2.75, 3.05) is 0 Å². The fraction of sp³-hybridized carbons (Fsp3) is 0.923. The van der Waals surface area contributed by atoms with Gasteiger partial charge in [0.25, 0.3) is 0 Å². The molecule has 0 radical (unpaired) electrons. The Labute approximate surface area is 94.1 Å². The third-order valence-corrected chi connectivity index (χ3v) is 2.91. The van der Waals surface area contributed by atoms with Crippen LogP contribution in [0.4, 0.5) is 0 Å². The molecule has 0 bridgehead atoms. The molecule has 0 aromatic heterocycles. The maximum Gasteiger partial charge on any atom is 0.306 e. The van der Waals surface area contributed by atoms with Crippen LogP contribution in [0.5, 0.6) is 0 Å². The Bertz CT molecular complexity index is 155. The van der Waals surface area contributed by atoms with E-state index in [1.807, 2.05) is 0 Å². The summed E-state index contributed by atoms with van der Waals surface area (Å²) in [6, 6.07) is 0. The van der Waals surface area contributed by atoms with Crippen LogP contribution >= 0.6 is 0 Å². The molecule has 1 N–H and O–H groups in total. The Morgan fingerprint density at radius 3 is 1.87 bits per heavy atom. The van der Waals surface area contributed by atoms with Gasteiger partial charge in [-0.3, -0.25) is 4.79 Å². The molecule has 0 aliphatic rings. The summed E-state index contributed by atoms with van der Waals surface area (Å²) in [6.45, 7) is 4.33. The number of carbonyl (C=O) groups is 1. The second-order valence-electron chi connectivity index (χ2n) is 4.38. The smallest absolute Gasteiger partial charge is 0.306 e. The highest BCUT2D eigenvalue weighted by Crippen LogP contribution is 2.18. The van der Waals surface area contributed by atoms with E-state index in [2.05, 4.69) is 13.8 Å². The maximum absolute atomic E-state index is 11.0. The zero-order chi connectivity index (χ0) is 11.5. The summed E-state index contributed by atoms with van der Waals surface area (Å²) >= 11 is 0. The third kappa shape index (κ3) is 8.46. The SMILES string of the molecule is CCCCCC[C@@H](CCCCC)C(=O)O. The molecule has 0 heterocycles. The second kappa shape index (κ2) is 10.0. The molecule has 15 heavy (non-hydrogen) atoms. The minimum absolute atomic E-state index is 0.0894. The van der Waals surface area contributed by atoms with Crippen LogP contribution in [-0.4, -0.2) is 11.1 Å². The number of hydrogen-bond donors (Lipinski definition) is 1. The van der Waals surface area contributed by atoms with Gasteiger partial charge in [-0.1, -0.05) is 58.8 Å². The number of hydrogen-bond acceptors (Lipinski definition) is 1. The van der Waals surface area contributed by atoms with Gasteiger partial charge in [0, 0.05) is 0 Å². The number of carboxylic acids is 1. The lowest BCUT2D eigenvalue weighted by Crippen LogP contribution is -2.13. The molecule has 0 aliphatic heterocycles. The molecule has 0 saturated carbocycles. The molecule has 0 aliphatic carbocycles. The molecular formula is C13H26O2. The van der Waals surface area contributed by atoms with Crippen molar-refractivity contribution in [2.24, 2.45) is 5.92 Å². The highest BCUT2D eigenvalue weighted by Gasteiger charge is 2.15. The Balaban J connectivity index is 3.59. The van der Waals surface area contributed by atoms with Crippen molar-refractivity contribution in [3.8, 4) is 0 Å². The lowest BCUT2D eigenvalue weighted by atomic mass is 9.95. The largest absolute Gasteiger partial charge is 0.481 e. The van der Waals surface area contributed by atoms with Crippen molar-refractivity contribution >= 4 is 5.97 Å². The monoisotopic (exact) mass is 214 g/mol. The topological polar surface area (TPSA) is 37.3 Å². The molecule has 0 unspecified atom stereocenters. The fourth-order valence-corrected chi connectivity index (χ4v) is 1.85. The molecule has 0 spiro atoms. The van der Waals surface area contributed by atoms with Crippen molar-refractivity contribution in [3.05, 3.63) is 0 Å². The lowest BCUT2D eigenvalue weighted by molar-refractivity contribution is -0.142. The summed E-state index contributed by atoms with van der Waals surface area (Å²) in [6.07, 6.45) is 9.87. The average Bonchev–Trinajstić information content (AvgIpc) is 2.21. The summed E-state index contributed by atoms with van der Waals surface area (Å²) in [5.41, 5.74) is 0. The lowest BCUT2D eigenvalue weighted by Gasteiger charge is -2.11. The van der Waals surface area contributed by atoms with Gasteiger partial charge in [0.05, 0.1) is 5.92 Å². The Kier molecular flexibility index (Phi) is 9.65. The zero-order valence-electron chi connectivity index (χ0n) is 10.3. The third-order valence-electron chi connectivity index (χ3n) is 2.91. The molecular weight excluding hydrogens is 188 g/mol. The summed E-state index contributed by atoms with van der Waals surface area (Å²) in [7, 11) is 0. The molecule has 0 saturated heterocycles. The Morgan fingerprint density at radius 2 is 1.40 bits per heavy atom. The van der Waals surface area contributed by atoms with Crippen molar-refractivity contribution in [2.45, 2.75) is 71.6 Å². The molecule has 0 rings (SSSR count). The first-order chi connectivity index (χ1) is 7.22. The quantitative estimate of drug-likeness (QED) is 0.552.